The average Bonchev–Trinajstić information content (AvgIpc) is 2.21. The van der Waals surface area contributed by atoms with Crippen LogP contribution in [0.3, 0.4) is 0 Å². The molecule has 0 fully saturated rings. The third-order valence-electron chi connectivity index (χ3n) is 1.62. The van der Waals surface area contributed by atoms with Crippen LogP contribution in [-0.2, 0) is 6.54 Å². The van der Waals surface area contributed by atoms with Gasteiger partial charge in [0.05, 0.1) is 0 Å². The summed E-state index contributed by atoms with van der Waals surface area (Å²) in [6, 6.07) is 9.76. The maximum atomic E-state index is 6.94. The minimum absolute atomic E-state index is 0.390. The van der Waals surface area contributed by atoms with Gasteiger partial charge in [-0.2, -0.15) is 0 Å². The van der Waals surface area contributed by atoms with E-state index in [9.17, 15) is 0 Å². The van der Waals surface area contributed by atoms with Crippen molar-refractivity contribution in [3.63, 3.8) is 0 Å². The van der Waals surface area contributed by atoms with Gasteiger partial charge >= 0.3 is 39.6 Å². The second-order valence-corrected chi connectivity index (χ2v) is 4.98. The number of hydrogen-bond donors (Lipinski definition) is 0. The van der Waals surface area contributed by atoms with Gasteiger partial charge in [-0.25, -0.2) is 0 Å². The predicted octanol–water partition coefficient (Wildman–Crippen LogP) is 3.81. The van der Waals surface area contributed by atoms with E-state index >= 15 is 0 Å². The molecule has 0 saturated carbocycles. The molecule has 1 aromatic carbocycles. The van der Waals surface area contributed by atoms with Crippen molar-refractivity contribution in [1.82, 2.24) is 0 Å². The van der Waals surface area contributed by atoms with Gasteiger partial charge < -0.3 is 5.73 Å². The standard InChI is InChI=1S/C7H8N.2C2H5.Al/c8-6-7-4-2-1-3-5-7;2*1-2;/h1-5,8H,6H2;2*1H2,2H3;/q-1;;;+1. The van der Waals surface area contributed by atoms with Gasteiger partial charge in [0.2, 0.25) is 0 Å². The van der Waals surface area contributed by atoms with Gasteiger partial charge in [0.15, 0.2) is 0 Å². The van der Waals surface area contributed by atoms with Crippen LogP contribution in [0.1, 0.15) is 19.4 Å². The summed E-state index contributed by atoms with van der Waals surface area (Å²) < 4.78 is 0. The first-order valence-corrected chi connectivity index (χ1v) is 6.48. The van der Waals surface area contributed by atoms with Crippen LogP contribution in [0.2, 0.25) is 10.6 Å². The first-order valence-electron chi connectivity index (χ1n) is 4.85. The predicted molar refractivity (Wildman–Crippen MR) is 61.2 cm³/mol. The first kappa shape index (κ1) is 12.7. The quantitative estimate of drug-likeness (QED) is 0.649. The summed E-state index contributed by atoms with van der Waals surface area (Å²) in [7, 11) is 0. The summed E-state index contributed by atoms with van der Waals surface area (Å²) in [6.07, 6.45) is 0. The molecule has 0 aromatic heterocycles. The van der Waals surface area contributed by atoms with E-state index in [4.69, 9.17) is 5.73 Å². The molecule has 0 unspecified atom stereocenters. The van der Waals surface area contributed by atoms with Crippen molar-refractivity contribution in [2.24, 2.45) is 0 Å². The SMILES string of the molecule is C[CH2][Al+][CH2]C.[NH-]Cc1ccccc1. The van der Waals surface area contributed by atoms with E-state index in [0.717, 1.165) is 20.8 Å². The number of nitrogens with one attached hydrogen (secondary N) is 1. The topological polar surface area (TPSA) is 23.8 Å². The van der Waals surface area contributed by atoms with Crippen molar-refractivity contribution in [2.45, 2.75) is 31.0 Å². The van der Waals surface area contributed by atoms with Gasteiger partial charge in [-0.3, -0.25) is 0 Å². The van der Waals surface area contributed by atoms with Gasteiger partial charge in [-0.1, -0.05) is 35.9 Å². The van der Waals surface area contributed by atoms with Crippen molar-refractivity contribution >= 4 is 15.2 Å². The summed E-state index contributed by atoms with van der Waals surface area (Å²) in [4.78, 5) is 0. The molecule has 0 aliphatic carbocycles. The molecule has 0 amide bonds. The molecule has 1 rings (SSSR count). The third-order valence-corrected chi connectivity index (χ3v) is 2.78. The van der Waals surface area contributed by atoms with Crippen LogP contribution in [0.4, 0.5) is 0 Å². The summed E-state index contributed by atoms with van der Waals surface area (Å²) in [5.41, 5.74) is 8.02. The van der Waals surface area contributed by atoms with Crippen LogP contribution < -0.4 is 0 Å². The average molecular weight is 191 g/mol. The molecule has 1 N–H and O–H groups in total. The molecule has 0 heterocycles. The molecule has 0 saturated heterocycles. The molecule has 0 radical (unpaired) electrons. The third kappa shape index (κ3) is 8.05. The number of hydrogen-bond acceptors (Lipinski definition) is 0. The summed E-state index contributed by atoms with van der Waals surface area (Å²) in [6.45, 7) is 4.89. The van der Waals surface area contributed by atoms with E-state index in [1.165, 1.54) is 10.6 Å². The fourth-order valence-corrected chi connectivity index (χ4v) is 1.46. The molecule has 1 aromatic rings. The van der Waals surface area contributed by atoms with Crippen molar-refractivity contribution in [1.29, 1.82) is 0 Å². The molecule has 13 heavy (non-hydrogen) atoms. The first-order chi connectivity index (χ1) is 6.35. The van der Waals surface area contributed by atoms with Gasteiger partial charge in [0, 0.05) is 0 Å². The Morgan fingerprint density at radius 1 is 1.08 bits per heavy atom. The van der Waals surface area contributed by atoms with Crippen molar-refractivity contribution in [3.8, 4) is 0 Å². The van der Waals surface area contributed by atoms with E-state index in [1.807, 2.05) is 30.3 Å². The Morgan fingerprint density at radius 3 is 1.85 bits per heavy atom. The zero-order valence-corrected chi connectivity index (χ0v) is 9.74. The Kier molecular flexibility index (Phi) is 9.58. The van der Waals surface area contributed by atoms with Crippen LogP contribution >= 0.6 is 0 Å². The van der Waals surface area contributed by atoms with E-state index < -0.39 is 0 Å². The van der Waals surface area contributed by atoms with Crippen molar-refractivity contribution < 1.29 is 0 Å². The maximum Gasteiger partial charge on any atom is -0.0608 e. The molecule has 0 aliphatic heterocycles. The smallest absolute Gasteiger partial charge is 0.0608 e. The van der Waals surface area contributed by atoms with Gasteiger partial charge in [0.25, 0.3) is 0 Å². The Bertz CT molecular complexity index is 185. The van der Waals surface area contributed by atoms with Crippen molar-refractivity contribution in [2.75, 3.05) is 0 Å². The molecule has 0 bridgehead atoms. The minimum atomic E-state index is 0.390. The fraction of sp³-hybridized carbons (Fsp3) is 0.455. The Morgan fingerprint density at radius 2 is 1.62 bits per heavy atom. The molecule has 0 atom stereocenters. The van der Waals surface area contributed by atoms with E-state index in [0.29, 0.717) is 6.54 Å². The Balaban J connectivity index is 0.000000252. The summed E-state index contributed by atoms with van der Waals surface area (Å²) in [5, 5.41) is 2.85. The molecule has 0 spiro atoms. The zero-order valence-electron chi connectivity index (χ0n) is 8.59. The minimum Gasteiger partial charge on any atom is -0.674 e. The second kappa shape index (κ2) is 9.80. The molecule has 0 aliphatic rings. The second-order valence-electron chi connectivity index (χ2n) is 2.77. The van der Waals surface area contributed by atoms with Crippen molar-refractivity contribution in [3.05, 3.63) is 41.6 Å². The van der Waals surface area contributed by atoms with E-state index in [1.54, 1.807) is 0 Å². The summed E-state index contributed by atoms with van der Waals surface area (Å²) in [5.74, 6) is 0. The van der Waals surface area contributed by atoms with E-state index in [-0.39, 0.29) is 0 Å². The normalized spacial score (nSPS) is 8.23. The molecular formula is C11H18AlN. The van der Waals surface area contributed by atoms with Crippen LogP contribution in [0.25, 0.3) is 5.73 Å². The van der Waals surface area contributed by atoms with Gasteiger partial charge in [0.1, 0.15) is 0 Å². The molecular weight excluding hydrogens is 173 g/mol. The Labute approximate surface area is 88.1 Å². The molecule has 2 heteroatoms. The summed E-state index contributed by atoms with van der Waals surface area (Å²) >= 11 is 0.815. The van der Waals surface area contributed by atoms with Crippen LogP contribution in [0.15, 0.2) is 30.3 Å². The van der Waals surface area contributed by atoms with Gasteiger partial charge in [-0.05, 0) is 0 Å². The number of rotatable bonds is 3. The zero-order chi connectivity index (χ0) is 9.94. The van der Waals surface area contributed by atoms with Crippen LogP contribution in [0, 0.1) is 0 Å². The van der Waals surface area contributed by atoms with Crippen LogP contribution in [0.5, 0.6) is 0 Å². The monoisotopic (exact) mass is 191 g/mol. The van der Waals surface area contributed by atoms with Crippen LogP contribution in [-0.4, -0.2) is 15.2 Å². The fourth-order valence-electron chi connectivity index (χ4n) is 0.885. The maximum absolute atomic E-state index is 6.94. The number of benzene rings is 1. The van der Waals surface area contributed by atoms with E-state index in [2.05, 4.69) is 13.8 Å². The molecule has 1 nitrogen and oxygen atoms in total. The largest absolute Gasteiger partial charge is 0.674 e. The Hall–Kier alpha value is -0.288. The molecule has 70 valence electrons. The van der Waals surface area contributed by atoms with Gasteiger partial charge in [-0.15, -0.1) is 6.54 Å².